The van der Waals surface area contributed by atoms with Gasteiger partial charge in [-0.2, -0.15) is 0 Å². The summed E-state index contributed by atoms with van der Waals surface area (Å²) in [6, 6.07) is 4.27. The number of nitrogens with zero attached hydrogens (tertiary/aromatic N) is 1. The molecule has 0 aliphatic carbocycles. The van der Waals surface area contributed by atoms with Crippen LogP contribution in [0.2, 0.25) is 0 Å². The van der Waals surface area contributed by atoms with Gasteiger partial charge in [0.15, 0.2) is 0 Å². The normalized spacial score (nSPS) is 11.4. The third-order valence-electron chi connectivity index (χ3n) is 2.37. The molecule has 1 aromatic carbocycles. The summed E-state index contributed by atoms with van der Waals surface area (Å²) in [5.41, 5.74) is 7.27. The smallest absolute Gasteiger partial charge is 0.210 e. The average Bonchev–Trinajstić information content (AvgIpc) is 2.21. The van der Waals surface area contributed by atoms with Crippen molar-refractivity contribution in [2.75, 3.05) is 11.9 Å². The summed E-state index contributed by atoms with van der Waals surface area (Å²) < 4.78 is 0. The summed E-state index contributed by atoms with van der Waals surface area (Å²) in [6.07, 6.45) is 0. The van der Waals surface area contributed by atoms with Gasteiger partial charge in [0.2, 0.25) is 5.96 Å². The molecule has 0 bridgehead atoms. The Morgan fingerprint density at radius 1 is 1.25 bits per heavy atom. The quantitative estimate of drug-likeness (QED) is 0.308. The second-order valence-corrected chi connectivity index (χ2v) is 3.87. The molecule has 0 heterocycles. The summed E-state index contributed by atoms with van der Waals surface area (Å²) in [7, 11) is 0. The topological polar surface area (TPSA) is 62.4 Å². The second kappa shape index (κ2) is 5.51. The predicted molar refractivity (Wildman–Crippen MR) is 69.6 cm³/mol. The van der Waals surface area contributed by atoms with Crippen molar-refractivity contribution in [3.8, 4) is 0 Å². The van der Waals surface area contributed by atoms with Crippen LogP contribution in [0.25, 0.3) is 0 Å². The molecule has 0 amide bonds. The van der Waals surface area contributed by atoms with E-state index < -0.39 is 0 Å². The maximum Gasteiger partial charge on any atom is 0.210 e. The van der Waals surface area contributed by atoms with Gasteiger partial charge in [-0.05, 0) is 38.8 Å². The minimum atomic E-state index is 0.595. The van der Waals surface area contributed by atoms with E-state index in [1.54, 1.807) is 0 Å². The highest BCUT2D eigenvalue weighted by Gasteiger charge is 2.05. The van der Waals surface area contributed by atoms with Crippen LogP contribution in [0.5, 0.6) is 0 Å². The average molecular weight is 220 g/mol. The lowest BCUT2D eigenvalue weighted by molar-refractivity contribution is 0.985. The zero-order chi connectivity index (χ0) is 12.1. The fourth-order valence-corrected chi connectivity index (χ4v) is 1.77. The van der Waals surface area contributed by atoms with Crippen LogP contribution in [0.1, 0.15) is 23.6 Å². The number of rotatable bonds is 2. The standard InChI is InChI=1S/C12H20N4/c1-5-14-12(16-13)15-11-9(3)6-8(2)7-10(11)4/h6-7H,5,13H2,1-4H3,(H2,14,15,16). The van der Waals surface area contributed by atoms with Gasteiger partial charge < -0.3 is 5.32 Å². The Morgan fingerprint density at radius 3 is 2.25 bits per heavy atom. The maximum atomic E-state index is 5.39. The van der Waals surface area contributed by atoms with Crippen LogP contribution in [0.4, 0.5) is 5.69 Å². The van der Waals surface area contributed by atoms with Crippen molar-refractivity contribution in [3.05, 3.63) is 28.8 Å². The van der Waals surface area contributed by atoms with Crippen molar-refractivity contribution < 1.29 is 0 Å². The van der Waals surface area contributed by atoms with Gasteiger partial charge >= 0.3 is 0 Å². The fourth-order valence-electron chi connectivity index (χ4n) is 1.77. The third kappa shape index (κ3) is 2.97. The molecule has 0 aromatic heterocycles. The van der Waals surface area contributed by atoms with Crippen LogP contribution in [0, 0.1) is 20.8 Å². The van der Waals surface area contributed by atoms with Gasteiger partial charge in [0, 0.05) is 12.2 Å². The fraction of sp³-hybridized carbons (Fsp3) is 0.417. The van der Waals surface area contributed by atoms with Crippen molar-refractivity contribution in [1.29, 1.82) is 0 Å². The molecule has 0 radical (unpaired) electrons. The van der Waals surface area contributed by atoms with E-state index >= 15 is 0 Å². The van der Waals surface area contributed by atoms with Gasteiger partial charge in [0.1, 0.15) is 0 Å². The SMILES string of the molecule is CCN=C(NN)Nc1c(C)cc(C)cc1C. The molecule has 0 saturated heterocycles. The number of hydrogen-bond acceptors (Lipinski definition) is 2. The molecular formula is C12H20N4. The Balaban J connectivity index is 3.01. The largest absolute Gasteiger partial charge is 0.325 e. The second-order valence-electron chi connectivity index (χ2n) is 3.87. The summed E-state index contributed by atoms with van der Waals surface area (Å²) in [4.78, 5) is 4.21. The molecule has 1 aromatic rings. The predicted octanol–water partition coefficient (Wildman–Crippen LogP) is 1.86. The molecule has 4 N–H and O–H groups in total. The molecule has 1 rings (SSSR count). The number of hydrogen-bond donors (Lipinski definition) is 3. The molecule has 0 spiro atoms. The number of aliphatic imine (C=N–C) groups is 1. The van der Waals surface area contributed by atoms with Crippen LogP contribution in [0.3, 0.4) is 0 Å². The van der Waals surface area contributed by atoms with Gasteiger partial charge in [-0.15, -0.1) is 0 Å². The molecule has 4 nitrogen and oxygen atoms in total. The van der Waals surface area contributed by atoms with Crippen molar-refractivity contribution in [2.24, 2.45) is 10.8 Å². The third-order valence-corrected chi connectivity index (χ3v) is 2.37. The molecule has 0 aliphatic heterocycles. The lowest BCUT2D eigenvalue weighted by Gasteiger charge is -2.14. The number of aryl methyl sites for hydroxylation is 3. The highest BCUT2D eigenvalue weighted by Crippen LogP contribution is 2.21. The molecule has 4 heteroatoms. The van der Waals surface area contributed by atoms with E-state index in [0.29, 0.717) is 12.5 Å². The van der Waals surface area contributed by atoms with Crippen LogP contribution >= 0.6 is 0 Å². The van der Waals surface area contributed by atoms with E-state index in [2.05, 4.69) is 48.6 Å². The van der Waals surface area contributed by atoms with E-state index in [-0.39, 0.29) is 0 Å². The van der Waals surface area contributed by atoms with E-state index in [1.165, 1.54) is 16.7 Å². The van der Waals surface area contributed by atoms with Crippen LogP contribution < -0.4 is 16.6 Å². The van der Waals surface area contributed by atoms with Gasteiger partial charge in [-0.25, -0.2) is 5.84 Å². The van der Waals surface area contributed by atoms with Crippen LogP contribution in [-0.4, -0.2) is 12.5 Å². The molecule has 0 aliphatic rings. The Hall–Kier alpha value is -1.55. The molecule has 88 valence electrons. The maximum absolute atomic E-state index is 5.39. The Morgan fingerprint density at radius 2 is 1.81 bits per heavy atom. The first-order chi connectivity index (χ1) is 7.58. The Bertz CT molecular complexity index is 373. The zero-order valence-corrected chi connectivity index (χ0v) is 10.4. The van der Waals surface area contributed by atoms with Gasteiger partial charge in [-0.1, -0.05) is 17.7 Å². The van der Waals surface area contributed by atoms with Crippen molar-refractivity contribution in [3.63, 3.8) is 0 Å². The number of nitrogens with one attached hydrogen (secondary N) is 2. The molecular weight excluding hydrogens is 200 g/mol. The number of guanidine groups is 1. The molecule has 0 saturated carbocycles. The monoisotopic (exact) mass is 220 g/mol. The van der Waals surface area contributed by atoms with Crippen molar-refractivity contribution >= 4 is 11.6 Å². The molecule has 0 fully saturated rings. The highest BCUT2D eigenvalue weighted by atomic mass is 15.3. The Labute approximate surface area is 96.9 Å². The summed E-state index contributed by atoms with van der Waals surface area (Å²) in [5, 5.41) is 3.21. The molecule has 16 heavy (non-hydrogen) atoms. The van der Waals surface area contributed by atoms with E-state index in [1.807, 2.05) is 6.92 Å². The zero-order valence-electron chi connectivity index (χ0n) is 10.4. The van der Waals surface area contributed by atoms with Gasteiger partial charge in [0.05, 0.1) is 0 Å². The number of benzene rings is 1. The first-order valence-electron chi connectivity index (χ1n) is 5.44. The number of nitrogens with two attached hydrogens (primary N) is 1. The molecule has 0 atom stereocenters. The van der Waals surface area contributed by atoms with Crippen molar-refractivity contribution in [2.45, 2.75) is 27.7 Å². The minimum Gasteiger partial charge on any atom is -0.325 e. The van der Waals surface area contributed by atoms with E-state index in [4.69, 9.17) is 5.84 Å². The highest BCUT2D eigenvalue weighted by molar-refractivity contribution is 5.94. The lowest BCUT2D eigenvalue weighted by Crippen LogP contribution is -2.36. The number of anilines is 1. The first kappa shape index (κ1) is 12.5. The summed E-state index contributed by atoms with van der Waals surface area (Å²) >= 11 is 0. The first-order valence-corrected chi connectivity index (χ1v) is 5.44. The van der Waals surface area contributed by atoms with E-state index in [0.717, 1.165) is 5.69 Å². The van der Waals surface area contributed by atoms with Crippen LogP contribution in [0.15, 0.2) is 17.1 Å². The number of hydrazine groups is 1. The summed E-state index contributed by atoms with van der Waals surface area (Å²) in [6.45, 7) is 8.89. The van der Waals surface area contributed by atoms with Gasteiger partial charge in [-0.3, -0.25) is 10.4 Å². The summed E-state index contributed by atoms with van der Waals surface area (Å²) in [5.74, 6) is 5.99. The van der Waals surface area contributed by atoms with Crippen LogP contribution in [-0.2, 0) is 0 Å². The van der Waals surface area contributed by atoms with Gasteiger partial charge in [0.25, 0.3) is 0 Å². The molecule has 0 unspecified atom stereocenters. The lowest BCUT2D eigenvalue weighted by atomic mass is 10.1. The minimum absolute atomic E-state index is 0.595. The van der Waals surface area contributed by atoms with E-state index in [9.17, 15) is 0 Å². The van der Waals surface area contributed by atoms with Crippen molar-refractivity contribution in [1.82, 2.24) is 5.43 Å². The Kier molecular flexibility index (Phi) is 4.31.